The molecule has 3 nitrogen and oxygen atoms in total. The van der Waals surface area contributed by atoms with Crippen LogP contribution in [0.2, 0.25) is 5.02 Å². The average molecular weight is 266 g/mol. The highest BCUT2D eigenvalue weighted by molar-refractivity contribution is 6.30. The first-order chi connectivity index (χ1) is 8.65. The van der Waals surface area contributed by atoms with Crippen LogP contribution in [0, 0.1) is 5.92 Å². The first kappa shape index (κ1) is 12.4. The quantitative estimate of drug-likeness (QED) is 0.728. The van der Waals surface area contributed by atoms with E-state index in [0.717, 1.165) is 17.9 Å². The molecular weight excluding hydrogens is 246 g/mol. The molecule has 1 saturated heterocycles. The molecule has 0 spiro atoms. The molecule has 1 aromatic carbocycles. The summed E-state index contributed by atoms with van der Waals surface area (Å²) in [6.45, 7) is 2.21. The molecular formula is C14H20ClN3. The zero-order valence-electron chi connectivity index (χ0n) is 10.6. The maximum absolute atomic E-state index is 6.36. The van der Waals surface area contributed by atoms with Crippen LogP contribution in [0.3, 0.4) is 0 Å². The molecule has 18 heavy (non-hydrogen) atoms. The summed E-state index contributed by atoms with van der Waals surface area (Å²) >= 11 is 6.08. The minimum absolute atomic E-state index is 0.255. The number of fused-ring (bicyclic) bond motifs is 1. The van der Waals surface area contributed by atoms with Crippen LogP contribution in [-0.4, -0.2) is 18.1 Å². The van der Waals surface area contributed by atoms with Gasteiger partial charge in [0.1, 0.15) is 0 Å². The highest BCUT2D eigenvalue weighted by atomic mass is 35.5. The van der Waals surface area contributed by atoms with Gasteiger partial charge >= 0.3 is 0 Å². The van der Waals surface area contributed by atoms with E-state index in [2.05, 4.69) is 29.9 Å². The standard InChI is InChI=1S/C14H20ClN3/c1-8-14-12(16)6-10(7-13(14)18-17-8)9-3-2-4-11(15)5-9/h2-5,8,10,12-14,17-18H,6-7,16H2,1H3. The van der Waals surface area contributed by atoms with Crippen LogP contribution < -0.4 is 16.6 Å². The fourth-order valence-electron chi connectivity index (χ4n) is 3.59. The van der Waals surface area contributed by atoms with E-state index in [0.29, 0.717) is 23.9 Å². The van der Waals surface area contributed by atoms with Gasteiger partial charge in [0.15, 0.2) is 0 Å². The van der Waals surface area contributed by atoms with Crippen LogP contribution in [0.15, 0.2) is 24.3 Å². The lowest BCUT2D eigenvalue weighted by Gasteiger charge is -2.37. The van der Waals surface area contributed by atoms with E-state index in [-0.39, 0.29) is 6.04 Å². The highest BCUT2D eigenvalue weighted by Gasteiger charge is 2.42. The van der Waals surface area contributed by atoms with E-state index < -0.39 is 0 Å². The average Bonchev–Trinajstić information content (AvgIpc) is 2.71. The summed E-state index contributed by atoms with van der Waals surface area (Å²) in [4.78, 5) is 0. The first-order valence-corrected chi connectivity index (χ1v) is 7.05. The molecule has 1 aliphatic heterocycles. The van der Waals surface area contributed by atoms with Crippen LogP contribution in [0.5, 0.6) is 0 Å². The van der Waals surface area contributed by atoms with Crippen molar-refractivity contribution < 1.29 is 0 Å². The SMILES string of the molecule is CC1NNC2CC(c3cccc(Cl)c3)CC(N)C12. The molecule has 98 valence electrons. The lowest BCUT2D eigenvalue weighted by atomic mass is 9.71. The molecule has 4 heteroatoms. The van der Waals surface area contributed by atoms with E-state index in [4.69, 9.17) is 17.3 Å². The molecule has 2 aliphatic rings. The second kappa shape index (κ2) is 4.82. The minimum atomic E-state index is 0.255. The lowest BCUT2D eigenvalue weighted by Crippen LogP contribution is -2.47. The summed E-state index contributed by atoms with van der Waals surface area (Å²) in [6.07, 6.45) is 2.19. The summed E-state index contributed by atoms with van der Waals surface area (Å²) in [7, 11) is 0. The van der Waals surface area contributed by atoms with Crippen molar-refractivity contribution in [3.63, 3.8) is 0 Å². The van der Waals surface area contributed by atoms with Crippen molar-refractivity contribution >= 4 is 11.6 Å². The second-order valence-corrected chi connectivity index (χ2v) is 6.08. The Bertz CT molecular complexity index is 437. The van der Waals surface area contributed by atoms with Crippen molar-refractivity contribution in [1.82, 2.24) is 10.9 Å². The van der Waals surface area contributed by atoms with Gasteiger partial charge in [-0.25, -0.2) is 0 Å². The molecule has 0 aromatic heterocycles. The van der Waals surface area contributed by atoms with Crippen LogP contribution >= 0.6 is 11.6 Å². The fraction of sp³-hybridized carbons (Fsp3) is 0.571. The summed E-state index contributed by atoms with van der Waals surface area (Å²) < 4.78 is 0. The maximum Gasteiger partial charge on any atom is 0.0408 e. The topological polar surface area (TPSA) is 50.1 Å². The van der Waals surface area contributed by atoms with Gasteiger partial charge in [-0.15, -0.1) is 0 Å². The van der Waals surface area contributed by atoms with Gasteiger partial charge in [-0.05, 0) is 43.4 Å². The van der Waals surface area contributed by atoms with Gasteiger partial charge in [-0.2, -0.15) is 0 Å². The van der Waals surface area contributed by atoms with E-state index in [1.807, 2.05) is 12.1 Å². The Morgan fingerprint density at radius 2 is 2.11 bits per heavy atom. The fourth-order valence-corrected chi connectivity index (χ4v) is 3.78. The number of nitrogens with two attached hydrogens (primary N) is 1. The Kier molecular flexibility index (Phi) is 3.32. The van der Waals surface area contributed by atoms with E-state index in [9.17, 15) is 0 Å². The maximum atomic E-state index is 6.36. The Balaban J connectivity index is 1.80. The van der Waals surface area contributed by atoms with Gasteiger partial charge in [-0.1, -0.05) is 23.7 Å². The second-order valence-electron chi connectivity index (χ2n) is 5.65. The monoisotopic (exact) mass is 265 g/mol. The molecule has 4 N–H and O–H groups in total. The van der Waals surface area contributed by atoms with Gasteiger partial charge < -0.3 is 5.73 Å². The van der Waals surface area contributed by atoms with Crippen LogP contribution in [0.25, 0.3) is 0 Å². The van der Waals surface area contributed by atoms with Crippen LogP contribution in [-0.2, 0) is 0 Å². The molecule has 2 fully saturated rings. The van der Waals surface area contributed by atoms with Crippen LogP contribution in [0.4, 0.5) is 0 Å². The van der Waals surface area contributed by atoms with Gasteiger partial charge in [0, 0.05) is 29.1 Å². The molecule has 5 unspecified atom stereocenters. The van der Waals surface area contributed by atoms with Crippen molar-refractivity contribution in [2.45, 2.75) is 43.8 Å². The largest absolute Gasteiger partial charge is 0.327 e. The third-order valence-electron chi connectivity index (χ3n) is 4.45. The molecule has 1 aliphatic carbocycles. The minimum Gasteiger partial charge on any atom is -0.327 e. The van der Waals surface area contributed by atoms with Crippen molar-refractivity contribution in [2.24, 2.45) is 11.7 Å². The first-order valence-electron chi connectivity index (χ1n) is 6.67. The number of hydrogen-bond acceptors (Lipinski definition) is 3. The predicted molar refractivity (Wildman–Crippen MR) is 74.4 cm³/mol. The highest BCUT2D eigenvalue weighted by Crippen LogP contribution is 2.38. The Morgan fingerprint density at radius 1 is 1.28 bits per heavy atom. The molecule has 1 aromatic rings. The van der Waals surface area contributed by atoms with Crippen molar-refractivity contribution in [1.29, 1.82) is 0 Å². The number of nitrogens with one attached hydrogen (secondary N) is 2. The van der Waals surface area contributed by atoms with Gasteiger partial charge in [-0.3, -0.25) is 10.9 Å². The third-order valence-corrected chi connectivity index (χ3v) is 4.68. The number of rotatable bonds is 1. The van der Waals surface area contributed by atoms with Gasteiger partial charge in [0.25, 0.3) is 0 Å². The van der Waals surface area contributed by atoms with Crippen molar-refractivity contribution in [2.75, 3.05) is 0 Å². The Labute approximate surface area is 113 Å². The predicted octanol–water partition coefficient (Wildman–Crippen LogP) is 2.03. The molecule has 1 heterocycles. The van der Waals surface area contributed by atoms with Gasteiger partial charge in [0.2, 0.25) is 0 Å². The summed E-state index contributed by atoms with van der Waals surface area (Å²) in [5, 5.41) is 0.814. The molecule has 0 amide bonds. The number of benzene rings is 1. The van der Waals surface area contributed by atoms with E-state index in [1.54, 1.807) is 0 Å². The number of hydrogen-bond donors (Lipinski definition) is 3. The zero-order chi connectivity index (χ0) is 12.7. The molecule has 1 saturated carbocycles. The summed E-state index contributed by atoms with van der Waals surface area (Å²) in [6, 6.07) is 9.38. The lowest BCUT2D eigenvalue weighted by molar-refractivity contribution is 0.246. The Hall–Kier alpha value is -0.610. The van der Waals surface area contributed by atoms with E-state index in [1.165, 1.54) is 5.56 Å². The van der Waals surface area contributed by atoms with Crippen molar-refractivity contribution in [3.05, 3.63) is 34.9 Å². The van der Waals surface area contributed by atoms with Gasteiger partial charge in [0.05, 0.1) is 0 Å². The third kappa shape index (κ3) is 2.16. The smallest absolute Gasteiger partial charge is 0.0408 e. The van der Waals surface area contributed by atoms with E-state index >= 15 is 0 Å². The van der Waals surface area contributed by atoms with Crippen molar-refractivity contribution in [3.8, 4) is 0 Å². The normalized spacial score (nSPS) is 39.6. The zero-order valence-corrected chi connectivity index (χ0v) is 11.3. The summed E-state index contributed by atoms with van der Waals surface area (Å²) in [5.74, 6) is 1.06. The summed E-state index contributed by atoms with van der Waals surface area (Å²) in [5.41, 5.74) is 14.4. The molecule has 3 rings (SSSR count). The van der Waals surface area contributed by atoms with Crippen LogP contribution in [0.1, 0.15) is 31.2 Å². The number of hydrazine groups is 1. The number of halogens is 1. The molecule has 0 radical (unpaired) electrons. The Morgan fingerprint density at radius 3 is 2.89 bits per heavy atom. The molecule has 0 bridgehead atoms. The molecule has 5 atom stereocenters.